The lowest BCUT2D eigenvalue weighted by Gasteiger charge is -2.32. The van der Waals surface area contributed by atoms with Gasteiger partial charge >= 0.3 is 0 Å². The molecule has 1 atom stereocenters. The van der Waals surface area contributed by atoms with Gasteiger partial charge in [0.15, 0.2) is 11.5 Å². The molecule has 0 bridgehead atoms. The zero-order valence-corrected chi connectivity index (χ0v) is 17.2. The number of allylic oxidation sites excluding steroid dienone is 1. The van der Waals surface area contributed by atoms with Crippen molar-refractivity contribution in [1.82, 2.24) is 5.32 Å². The number of thioether (sulfide) groups is 1. The number of hydrogen-bond donors (Lipinski definition) is 1. The molecule has 0 spiro atoms. The predicted octanol–water partition coefficient (Wildman–Crippen LogP) is 3.88. The molecule has 0 saturated heterocycles. The molecule has 0 amide bonds. The lowest BCUT2D eigenvalue weighted by atomic mass is 9.86. The Kier molecular flexibility index (Phi) is 7.04. The highest BCUT2D eigenvalue weighted by Crippen LogP contribution is 2.43. The fourth-order valence-corrected chi connectivity index (χ4v) is 4.43. The normalized spacial score (nSPS) is 19.4. The van der Waals surface area contributed by atoms with Crippen LogP contribution >= 0.6 is 11.8 Å². The van der Waals surface area contributed by atoms with Gasteiger partial charge in [-0.2, -0.15) is 0 Å². The minimum absolute atomic E-state index is 0.0577. The zero-order chi connectivity index (χ0) is 19.2. The van der Waals surface area contributed by atoms with Crippen LogP contribution in [0.1, 0.15) is 37.3 Å². The highest BCUT2D eigenvalue weighted by Gasteiger charge is 2.30. The van der Waals surface area contributed by atoms with Crippen LogP contribution in [-0.2, 0) is 9.47 Å². The fourth-order valence-electron chi connectivity index (χ4n) is 3.49. The summed E-state index contributed by atoms with van der Waals surface area (Å²) in [6.45, 7) is 0. The summed E-state index contributed by atoms with van der Waals surface area (Å²) in [7, 11) is 6.68. The van der Waals surface area contributed by atoms with Crippen molar-refractivity contribution in [2.45, 2.75) is 38.0 Å². The zero-order valence-electron chi connectivity index (χ0n) is 16.4. The number of hydrogen-bond acceptors (Lipinski definition) is 7. The highest BCUT2D eigenvalue weighted by atomic mass is 32.2. The molecule has 148 valence electrons. The molecule has 0 aromatic heterocycles. The summed E-state index contributed by atoms with van der Waals surface area (Å²) in [4.78, 5) is 5.02. The maximum absolute atomic E-state index is 5.63. The van der Waals surface area contributed by atoms with Gasteiger partial charge in [0, 0.05) is 25.5 Å². The summed E-state index contributed by atoms with van der Waals surface area (Å²) < 4.78 is 21.7. The van der Waals surface area contributed by atoms with Crippen molar-refractivity contribution in [3.8, 4) is 11.5 Å². The van der Waals surface area contributed by atoms with E-state index in [1.54, 1.807) is 40.2 Å². The molecular weight excluding hydrogens is 364 g/mol. The van der Waals surface area contributed by atoms with Gasteiger partial charge in [-0.3, -0.25) is 0 Å². The van der Waals surface area contributed by atoms with E-state index in [9.17, 15) is 0 Å². The number of benzene rings is 1. The van der Waals surface area contributed by atoms with Crippen LogP contribution in [0.4, 0.5) is 0 Å². The maximum Gasteiger partial charge on any atom is 0.166 e. The van der Waals surface area contributed by atoms with Gasteiger partial charge in [-0.1, -0.05) is 11.8 Å². The minimum atomic E-state index is -0.258. The van der Waals surface area contributed by atoms with Gasteiger partial charge in [-0.15, -0.1) is 0 Å². The summed E-state index contributed by atoms with van der Waals surface area (Å²) in [5.74, 6) is 2.31. The predicted molar refractivity (Wildman–Crippen MR) is 109 cm³/mol. The number of rotatable bonds is 7. The van der Waals surface area contributed by atoms with Crippen molar-refractivity contribution in [2.24, 2.45) is 4.99 Å². The van der Waals surface area contributed by atoms with Gasteiger partial charge < -0.3 is 24.3 Å². The summed E-state index contributed by atoms with van der Waals surface area (Å²) in [5, 5.41) is 4.43. The second-order valence-electron chi connectivity index (χ2n) is 6.49. The second kappa shape index (κ2) is 9.48. The quantitative estimate of drug-likeness (QED) is 0.711. The fraction of sp³-hybridized carbons (Fsp3) is 0.550. The number of nitrogens with one attached hydrogen (secondary N) is 1. The van der Waals surface area contributed by atoms with E-state index in [0.29, 0.717) is 5.75 Å². The van der Waals surface area contributed by atoms with Crippen LogP contribution in [0, 0.1) is 0 Å². The lowest BCUT2D eigenvalue weighted by molar-refractivity contribution is -0.0841. The van der Waals surface area contributed by atoms with Gasteiger partial charge in [-0.05, 0) is 49.5 Å². The smallest absolute Gasteiger partial charge is 0.166 e. The molecule has 27 heavy (non-hydrogen) atoms. The largest absolute Gasteiger partial charge is 0.497 e. The molecule has 1 aliphatic carbocycles. The van der Waals surface area contributed by atoms with E-state index >= 15 is 0 Å². The van der Waals surface area contributed by atoms with Gasteiger partial charge in [0.1, 0.15) is 17.5 Å². The van der Waals surface area contributed by atoms with Crippen LogP contribution < -0.4 is 14.8 Å². The Morgan fingerprint density at radius 2 is 1.89 bits per heavy atom. The number of amidine groups is 1. The van der Waals surface area contributed by atoms with Gasteiger partial charge in [-0.25, -0.2) is 4.99 Å². The van der Waals surface area contributed by atoms with Crippen molar-refractivity contribution < 1.29 is 18.9 Å². The summed E-state index contributed by atoms with van der Waals surface area (Å²) in [6, 6.07) is 5.85. The van der Waals surface area contributed by atoms with Crippen molar-refractivity contribution in [3.63, 3.8) is 0 Å². The Bertz CT molecular complexity index is 716. The van der Waals surface area contributed by atoms with E-state index < -0.39 is 0 Å². The topological polar surface area (TPSA) is 61.3 Å². The molecule has 1 aromatic carbocycles. The maximum atomic E-state index is 5.63. The molecule has 7 heteroatoms. The number of aliphatic imine (C=N–C) groups is 1. The summed E-state index contributed by atoms with van der Waals surface area (Å²) in [6.07, 6.45) is 4.23. The van der Waals surface area contributed by atoms with Crippen LogP contribution in [-0.4, -0.2) is 45.6 Å². The van der Waals surface area contributed by atoms with E-state index in [1.165, 1.54) is 24.1 Å². The first kappa shape index (κ1) is 20.0. The molecule has 1 heterocycles. The monoisotopic (exact) mass is 392 g/mol. The number of methoxy groups -OCH3 is 4. The van der Waals surface area contributed by atoms with Crippen LogP contribution in [0.15, 0.2) is 34.5 Å². The third-order valence-electron chi connectivity index (χ3n) is 4.96. The third kappa shape index (κ3) is 4.59. The van der Waals surface area contributed by atoms with Crippen LogP contribution in [0.3, 0.4) is 0 Å². The Hall–Kier alpha value is -1.70. The molecule has 2 aliphatic rings. The Morgan fingerprint density at radius 1 is 1.11 bits per heavy atom. The molecule has 0 fully saturated rings. The Labute approximate surface area is 165 Å². The van der Waals surface area contributed by atoms with Crippen molar-refractivity contribution in [3.05, 3.63) is 35.0 Å². The second-order valence-corrected chi connectivity index (χ2v) is 7.50. The van der Waals surface area contributed by atoms with E-state index in [4.69, 9.17) is 23.9 Å². The molecule has 0 saturated carbocycles. The molecule has 3 rings (SSSR count). The first-order valence-corrected chi connectivity index (χ1v) is 10.2. The summed E-state index contributed by atoms with van der Waals surface area (Å²) in [5.41, 5.74) is 3.69. The molecule has 6 nitrogen and oxygen atoms in total. The number of ether oxygens (including phenoxy) is 4. The first-order valence-electron chi connectivity index (χ1n) is 9.17. The van der Waals surface area contributed by atoms with Crippen molar-refractivity contribution in [1.29, 1.82) is 0 Å². The average Bonchev–Trinajstić information content (AvgIpc) is 2.73. The standard InChI is InChI=1S/C20H28N2O4S/c1-23-13-9-10-17(24-2)15(11-13)19-14-7-5-6-8-16(14)21-20(22-19)27-12-18(25-3)26-4/h9-11,18-19H,5-8,12H2,1-4H3,(H,21,22). The van der Waals surface area contributed by atoms with Crippen LogP contribution in [0.25, 0.3) is 0 Å². The lowest BCUT2D eigenvalue weighted by Crippen LogP contribution is -2.31. The Morgan fingerprint density at radius 3 is 2.59 bits per heavy atom. The minimum Gasteiger partial charge on any atom is -0.497 e. The average molecular weight is 393 g/mol. The van der Waals surface area contributed by atoms with E-state index in [1.807, 2.05) is 18.2 Å². The molecule has 1 aromatic rings. The van der Waals surface area contributed by atoms with Crippen LogP contribution in [0.2, 0.25) is 0 Å². The van der Waals surface area contributed by atoms with Gasteiger partial charge in [0.05, 0.1) is 20.0 Å². The van der Waals surface area contributed by atoms with Gasteiger partial charge in [0.25, 0.3) is 0 Å². The van der Waals surface area contributed by atoms with E-state index in [-0.39, 0.29) is 12.3 Å². The third-order valence-corrected chi connectivity index (χ3v) is 5.88. The van der Waals surface area contributed by atoms with Crippen LogP contribution in [0.5, 0.6) is 11.5 Å². The summed E-state index contributed by atoms with van der Waals surface area (Å²) >= 11 is 1.61. The molecule has 1 unspecified atom stereocenters. The van der Waals surface area contributed by atoms with E-state index in [0.717, 1.165) is 35.1 Å². The molecule has 1 aliphatic heterocycles. The molecular formula is C20H28N2O4S. The van der Waals surface area contributed by atoms with Crippen molar-refractivity contribution >= 4 is 16.9 Å². The van der Waals surface area contributed by atoms with Crippen molar-refractivity contribution in [2.75, 3.05) is 34.2 Å². The Balaban J connectivity index is 1.94. The molecule has 0 radical (unpaired) electrons. The highest BCUT2D eigenvalue weighted by molar-refractivity contribution is 8.13. The molecule has 1 N–H and O–H groups in total. The van der Waals surface area contributed by atoms with E-state index in [2.05, 4.69) is 5.32 Å². The first-order chi connectivity index (χ1) is 13.2. The van der Waals surface area contributed by atoms with Gasteiger partial charge in [0.2, 0.25) is 0 Å². The number of nitrogens with zero attached hydrogens (tertiary/aromatic N) is 1. The SMILES string of the molecule is COc1ccc(OC)c(C2N=C(SCC(OC)OC)NC3=C2CCCC3)c1.